The molecule has 6 nitrogen and oxygen atoms in total. The van der Waals surface area contributed by atoms with Gasteiger partial charge in [0.15, 0.2) is 5.96 Å². The zero-order valence-electron chi connectivity index (χ0n) is 18.4. The highest BCUT2D eigenvalue weighted by atomic mass is 127. The highest BCUT2D eigenvalue weighted by Crippen LogP contribution is 2.21. The maximum atomic E-state index is 12.1. The van der Waals surface area contributed by atoms with Gasteiger partial charge in [-0.2, -0.15) is 0 Å². The van der Waals surface area contributed by atoms with E-state index in [4.69, 9.17) is 4.99 Å². The Labute approximate surface area is 193 Å². The fourth-order valence-electron chi connectivity index (χ4n) is 3.63. The summed E-state index contributed by atoms with van der Waals surface area (Å²) in [5.41, 5.74) is 1.88. The number of aliphatic imine (C=N–C) groups is 1. The van der Waals surface area contributed by atoms with Gasteiger partial charge >= 0.3 is 0 Å². The molecule has 0 unspecified atom stereocenters. The molecule has 1 aliphatic carbocycles. The van der Waals surface area contributed by atoms with Gasteiger partial charge in [-0.15, -0.1) is 24.0 Å². The zero-order chi connectivity index (χ0) is 20.4. The van der Waals surface area contributed by atoms with E-state index in [2.05, 4.69) is 35.6 Å². The number of benzene rings is 1. The van der Waals surface area contributed by atoms with E-state index in [-0.39, 0.29) is 29.9 Å². The van der Waals surface area contributed by atoms with Crippen molar-refractivity contribution < 1.29 is 4.79 Å². The quantitative estimate of drug-likeness (QED) is 0.302. The summed E-state index contributed by atoms with van der Waals surface area (Å²) in [6.07, 6.45) is 6.23. The number of carbonyl (C=O) groups is 1. The first-order valence-electron chi connectivity index (χ1n) is 10.5. The number of rotatable bonds is 9. The first kappa shape index (κ1) is 25.7. The molecule has 1 aromatic rings. The van der Waals surface area contributed by atoms with Crippen LogP contribution in [0.25, 0.3) is 0 Å². The molecule has 2 N–H and O–H groups in total. The number of amides is 1. The summed E-state index contributed by atoms with van der Waals surface area (Å²) >= 11 is 0. The average Bonchev–Trinajstić information content (AvgIpc) is 3.22. The molecule has 1 amide bonds. The second kappa shape index (κ2) is 13.8. The van der Waals surface area contributed by atoms with Crippen molar-refractivity contribution in [3.63, 3.8) is 0 Å². The lowest BCUT2D eigenvalue weighted by Gasteiger charge is -2.23. The van der Waals surface area contributed by atoms with E-state index in [9.17, 15) is 4.79 Å². The molecule has 0 heterocycles. The van der Waals surface area contributed by atoms with Crippen molar-refractivity contribution in [1.82, 2.24) is 20.4 Å². The van der Waals surface area contributed by atoms with Crippen molar-refractivity contribution in [2.75, 3.05) is 47.3 Å². The van der Waals surface area contributed by atoms with Gasteiger partial charge in [0.05, 0.1) is 6.54 Å². The normalized spacial score (nSPS) is 14.6. The maximum absolute atomic E-state index is 12.1. The average molecular weight is 515 g/mol. The van der Waals surface area contributed by atoms with Crippen LogP contribution in [0.1, 0.15) is 48.5 Å². The van der Waals surface area contributed by atoms with E-state index < -0.39 is 0 Å². The number of nitrogens with one attached hydrogen (secondary N) is 2. The molecule has 0 aromatic heterocycles. The molecule has 29 heavy (non-hydrogen) atoms. The number of nitrogens with zero attached hydrogens (tertiary/aromatic N) is 3. The largest absolute Gasteiger partial charge is 0.357 e. The first-order chi connectivity index (χ1) is 13.5. The maximum Gasteiger partial charge on any atom is 0.253 e. The van der Waals surface area contributed by atoms with Crippen LogP contribution in [0.4, 0.5) is 0 Å². The highest BCUT2D eigenvalue weighted by molar-refractivity contribution is 14.0. The number of hydrogen-bond donors (Lipinski definition) is 2. The van der Waals surface area contributed by atoms with E-state index in [1.165, 1.54) is 25.7 Å². The summed E-state index contributed by atoms with van der Waals surface area (Å²) in [5, 5.41) is 6.73. The van der Waals surface area contributed by atoms with E-state index in [1.807, 2.05) is 18.2 Å². The summed E-state index contributed by atoms with van der Waals surface area (Å²) in [4.78, 5) is 20.9. The predicted octanol–water partition coefficient (Wildman–Crippen LogP) is 2.98. The molecule has 1 aliphatic rings. The monoisotopic (exact) mass is 515 g/mol. The fraction of sp³-hybridized carbons (Fsp3) is 0.636. The molecule has 0 atom stereocenters. The molecule has 0 saturated heterocycles. The highest BCUT2D eigenvalue weighted by Gasteiger charge is 2.18. The number of hydrogen-bond acceptors (Lipinski definition) is 3. The SMILES string of the molecule is CCNC(=NCCN(C)C1CCCC1)NCCc1cccc(C(=O)N(C)C)c1.I. The van der Waals surface area contributed by atoms with Crippen LogP contribution in [0, 0.1) is 0 Å². The third-order valence-electron chi connectivity index (χ3n) is 5.30. The van der Waals surface area contributed by atoms with Crippen LogP contribution in [0.3, 0.4) is 0 Å². The van der Waals surface area contributed by atoms with Crippen molar-refractivity contribution in [1.29, 1.82) is 0 Å². The number of carbonyl (C=O) groups excluding carboxylic acids is 1. The van der Waals surface area contributed by atoms with E-state index in [0.29, 0.717) is 0 Å². The van der Waals surface area contributed by atoms with Gasteiger partial charge in [0.2, 0.25) is 0 Å². The standard InChI is InChI=1S/C22H37N5O.HI/c1-5-23-22(25-15-16-27(4)20-11-6-7-12-20)24-14-13-18-9-8-10-19(17-18)21(28)26(2)3;/h8-10,17,20H,5-7,11-16H2,1-4H3,(H2,23,24,25);1H. The van der Waals surface area contributed by atoms with Crippen molar-refractivity contribution in [3.8, 4) is 0 Å². The van der Waals surface area contributed by atoms with E-state index in [1.54, 1.807) is 19.0 Å². The van der Waals surface area contributed by atoms with Crippen LogP contribution < -0.4 is 10.6 Å². The third kappa shape index (κ3) is 8.90. The molecule has 0 bridgehead atoms. The van der Waals surface area contributed by atoms with Crippen molar-refractivity contribution >= 4 is 35.8 Å². The molecular weight excluding hydrogens is 477 g/mol. The van der Waals surface area contributed by atoms with Gasteiger partial charge < -0.3 is 20.4 Å². The summed E-state index contributed by atoms with van der Waals surface area (Å²) in [6, 6.07) is 8.60. The second-order valence-corrected chi connectivity index (χ2v) is 7.76. The third-order valence-corrected chi connectivity index (χ3v) is 5.30. The second-order valence-electron chi connectivity index (χ2n) is 7.76. The summed E-state index contributed by atoms with van der Waals surface area (Å²) in [5.74, 6) is 0.902. The summed E-state index contributed by atoms with van der Waals surface area (Å²) < 4.78 is 0. The van der Waals surface area contributed by atoms with Crippen LogP contribution in [-0.2, 0) is 6.42 Å². The minimum atomic E-state index is 0. The Bertz CT molecular complexity index is 644. The van der Waals surface area contributed by atoms with Crippen LogP contribution in [0.15, 0.2) is 29.3 Å². The molecule has 1 fully saturated rings. The summed E-state index contributed by atoms with van der Waals surface area (Å²) in [7, 11) is 5.77. The molecule has 0 radical (unpaired) electrons. The van der Waals surface area contributed by atoms with E-state index >= 15 is 0 Å². The van der Waals surface area contributed by atoms with Gasteiger partial charge in [-0.05, 0) is 50.9 Å². The Morgan fingerprint density at radius 2 is 1.90 bits per heavy atom. The lowest BCUT2D eigenvalue weighted by molar-refractivity contribution is 0.0827. The smallest absolute Gasteiger partial charge is 0.253 e. The molecule has 2 rings (SSSR count). The van der Waals surface area contributed by atoms with Gasteiger partial charge in [0, 0.05) is 45.3 Å². The minimum Gasteiger partial charge on any atom is -0.357 e. The Morgan fingerprint density at radius 3 is 2.55 bits per heavy atom. The molecule has 1 saturated carbocycles. The topological polar surface area (TPSA) is 60.0 Å². The van der Waals surface area contributed by atoms with E-state index in [0.717, 1.165) is 55.7 Å². The number of likely N-dealkylation sites (N-methyl/N-ethyl adjacent to an activating group) is 1. The summed E-state index contributed by atoms with van der Waals surface area (Å²) in [6.45, 7) is 5.50. The fourth-order valence-corrected chi connectivity index (χ4v) is 3.63. The zero-order valence-corrected chi connectivity index (χ0v) is 20.7. The van der Waals surface area contributed by atoms with Crippen molar-refractivity contribution in [3.05, 3.63) is 35.4 Å². The van der Waals surface area contributed by atoms with Crippen LogP contribution >= 0.6 is 24.0 Å². The van der Waals surface area contributed by atoms with Gasteiger partial charge in [0.25, 0.3) is 5.91 Å². The Kier molecular flexibility index (Phi) is 12.2. The molecule has 164 valence electrons. The van der Waals surface area contributed by atoms with Gasteiger partial charge in [-0.3, -0.25) is 9.79 Å². The van der Waals surface area contributed by atoms with Gasteiger partial charge in [-0.25, -0.2) is 0 Å². The lowest BCUT2D eigenvalue weighted by atomic mass is 10.1. The molecule has 1 aromatic carbocycles. The molecular formula is C22H38IN5O. The van der Waals surface area contributed by atoms with Crippen molar-refractivity contribution in [2.45, 2.75) is 45.1 Å². The Morgan fingerprint density at radius 1 is 1.17 bits per heavy atom. The number of guanidine groups is 1. The minimum absolute atomic E-state index is 0. The van der Waals surface area contributed by atoms with Gasteiger partial charge in [0.1, 0.15) is 0 Å². The molecule has 0 spiro atoms. The van der Waals surface area contributed by atoms with Crippen LogP contribution in [-0.4, -0.2) is 75.0 Å². The predicted molar refractivity (Wildman–Crippen MR) is 132 cm³/mol. The lowest BCUT2D eigenvalue weighted by Crippen LogP contribution is -2.39. The van der Waals surface area contributed by atoms with Crippen LogP contribution in [0.2, 0.25) is 0 Å². The number of halogens is 1. The van der Waals surface area contributed by atoms with Crippen LogP contribution in [0.5, 0.6) is 0 Å². The Balaban J connectivity index is 0.00000420. The van der Waals surface area contributed by atoms with Gasteiger partial charge in [-0.1, -0.05) is 25.0 Å². The van der Waals surface area contributed by atoms with Crippen molar-refractivity contribution in [2.24, 2.45) is 4.99 Å². The molecule has 7 heteroatoms. The Hall–Kier alpha value is -1.35. The first-order valence-corrected chi connectivity index (χ1v) is 10.5. The molecule has 0 aliphatic heterocycles.